The molecule has 0 heterocycles. The van der Waals surface area contributed by atoms with Gasteiger partial charge in [-0.25, -0.2) is 4.79 Å². The van der Waals surface area contributed by atoms with Crippen LogP contribution in [-0.4, -0.2) is 29.1 Å². The Labute approximate surface area is 117 Å². The van der Waals surface area contributed by atoms with Crippen molar-refractivity contribution in [2.24, 2.45) is 0 Å². The number of halogens is 1. The van der Waals surface area contributed by atoms with Gasteiger partial charge in [-0.2, -0.15) is 0 Å². The molecule has 0 aliphatic carbocycles. The quantitative estimate of drug-likeness (QED) is 0.869. The number of benzene rings is 1. The minimum Gasteiger partial charge on any atom is -0.478 e. The van der Waals surface area contributed by atoms with Gasteiger partial charge in [-0.1, -0.05) is 35.8 Å². The lowest BCUT2D eigenvalue weighted by Crippen LogP contribution is -2.30. The molecule has 0 unspecified atom stereocenters. The Morgan fingerprint density at radius 1 is 1.39 bits per heavy atom. The fraction of sp³-hybridized carbons (Fsp3) is 0.500. The van der Waals surface area contributed by atoms with Crippen molar-refractivity contribution in [2.45, 2.75) is 39.3 Å². The Kier molecular flexibility index (Phi) is 5.82. The molecule has 1 aromatic rings. The van der Waals surface area contributed by atoms with E-state index in [9.17, 15) is 4.79 Å². The van der Waals surface area contributed by atoms with Crippen molar-refractivity contribution in [2.75, 3.05) is 7.05 Å². The first-order valence-electron chi connectivity index (χ1n) is 6.21. The summed E-state index contributed by atoms with van der Waals surface area (Å²) >= 11 is 3.45. The number of carboxylic acid groups (broad SMARTS) is 1. The maximum atomic E-state index is 10.9. The van der Waals surface area contributed by atoms with Crippen molar-refractivity contribution >= 4 is 21.9 Å². The SMILES string of the molecule is CCC(CC)N(C)Cc1ccc(C(=O)O)cc1Br. The summed E-state index contributed by atoms with van der Waals surface area (Å²) in [6, 6.07) is 5.77. The summed E-state index contributed by atoms with van der Waals surface area (Å²) in [4.78, 5) is 13.2. The van der Waals surface area contributed by atoms with Crippen molar-refractivity contribution in [1.29, 1.82) is 0 Å². The molecule has 0 saturated carbocycles. The molecular formula is C14H20BrNO2. The summed E-state index contributed by atoms with van der Waals surface area (Å²) in [5.74, 6) is -0.893. The van der Waals surface area contributed by atoms with Gasteiger partial charge < -0.3 is 5.11 Å². The summed E-state index contributed by atoms with van der Waals surface area (Å²) in [5, 5.41) is 8.92. The number of rotatable bonds is 6. The molecule has 0 amide bonds. The van der Waals surface area contributed by atoms with Gasteiger partial charge in [0.05, 0.1) is 5.56 Å². The molecule has 0 radical (unpaired) electrons. The number of hydrogen-bond acceptors (Lipinski definition) is 2. The number of aromatic carboxylic acids is 1. The molecule has 3 nitrogen and oxygen atoms in total. The van der Waals surface area contributed by atoms with Crippen LogP contribution in [-0.2, 0) is 6.54 Å². The zero-order valence-electron chi connectivity index (χ0n) is 11.1. The zero-order chi connectivity index (χ0) is 13.7. The van der Waals surface area contributed by atoms with E-state index in [1.54, 1.807) is 12.1 Å². The first-order chi connectivity index (χ1) is 8.49. The number of hydrogen-bond donors (Lipinski definition) is 1. The largest absolute Gasteiger partial charge is 0.478 e. The molecule has 1 rings (SSSR count). The Balaban J connectivity index is 2.82. The summed E-state index contributed by atoms with van der Waals surface area (Å²) in [5.41, 5.74) is 1.44. The maximum Gasteiger partial charge on any atom is 0.335 e. The summed E-state index contributed by atoms with van der Waals surface area (Å²) in [7, 11) is 2.11. The van der Waals surface area contributed by atoms with Gasteiger partial charge in [0, 0.05) is 17.1 Å². The monoisotopic (exact) mass is 313 g/mol. The van der Waals surface area contributed by atoms with Crippen molar-refractivity contribution in [3.63, 3.8) is 0 Å². The predicted octanol–water partition coefficient (Wildman–Crippen LogP) is 3.77. The zero-order valence-corrected chi connectivity index (χ0v) is 12.7. The summed E-state index contributed by atoms with van der Waals surface area (Å²) in [6.45, 7) is 5.20. The summed E-state index contributed by atoms with van der Waals surface area (Å²) in [6.07, 6.45) is 2.25. The molecule has 18 heavy (non-hydrogen) atoms. The van der Waals surface area contributed by atoms with Crippen LogP contribution in [0.25, 0.3) is 0 Å². The highest BCUT2D eigenvalue weighted by Crippen LogP contribution is 2.21. The van der Waals surface area contributed by atoms with Gasteiger partial charge in [-0.3, -0.25) is 4.90 Å². The third-order valence-corrected chi connectivity index (χ3v) is 4.02. The van der Waals surface area contributed by atoms with Crippen molar-refractivity contribution in [3.05, 3.63) is 33.8 Å². The third-order valence-electron chi connectivity index (χ3n) is 3.29. The number of nitrogens with zero attached hydrogens (tertiary/aromatic N) is 1. The average molecular weight is 314 g/mol. The highest BCUT2D eigenvalue weighted by Gasteiger charge is 2.13. The van der Waals surface area contributed by atoms with E-state index in [4.69, 9.17) is 5.11 Å². The van der Waals surface area contributed by atoms with Crippen molar-refractivity contribution < 1.29 is 9.90 Å². The van der Waals surface area contributed by atoms with Crippen LogP contribution in [0.3, 0.4) is 0 Å². The predicted molar refractivity (Wildman–Crippen MR) is 76.9 cm³/mol. The molecule has 100 valence electrons. The molecule has 0 aromatic heterocycles. The van der Waals surface area contributed by atoms with Gasteiger partial charge in [-0.05, 0) is 37.6 Å². The van der Waals surface area contributed by atoms with E-state index in [-0.39, 0.29) is 0 Å². The van der Waals surface area contributed by atoms with Gasteiger partial charge in [0.25, 0.3) is 0 Å². The molecule has 4 heteroatoms. The highest BCUT2D eigenvalue weighted by atomic mass is 79.9. The van der Waals surface area contributed by atoms with Crippen LogP contribution < -0.4 is 0 Å². The van der Waals surface area contributed by atoms with E-state index in [1.807, 2.05) is 6.07 Å². The normalized spacial score (nSPS) is 11.2. The average Bonchev–Trinajstić information content (AvgIpc) is 2.33. The van der Waals surface area contributed by atoms with Crippen molar-refractivity contribution in [3.8, 4) is 0 Å². The Bertz CT molecular complexity index is 416. The van der Waals surface area contributed by atoms with Crippen LogP contribution in [0, 0.1) is 0 Å². The molecule has 1 aromatic carbocycles. The Morgan fingerprint density at radius 3 is 2.44 bits per heavy atom. The van der Waals surface area contributed by atoms with Crippen LogP contribution in [0.1, 0.15) is 42.6 Å². The van der Waals surface area contributed by atoms with Crippen LogP contribution in [0.2, 0.25) is 0 Å². The van der Waals surface area contributed by atoms with E-state index in [2.05, 4.69) is 41.7 Å². The fourth-order valence-corrected chi connectivity index (χ4v) is 2.62. The van der Waals surface area contributed by atoms with E-state index < -0.39 is 5.97 Å². The van der Waals surface area contributed by atoms with Crippen LogP contribution >= 0.6 is 15.9 Å². The second kappa shape index (κ2) is 6.90. The van der Waals surface area contributed by atoms with E-state index in [0.717, 1.165) is 29.4 Å². The number of carboxylic acids is 1. The Hall–Kier alpha value is -0.870. The molecule has 0 spiro atoms. The fourth-order valence-electron chi connectivity index (χ4n) is 2.12. The maximum absolute atomic E-state index is 10.9. The van der Waals surface area contributed by atoms with Gasteiger partial charge in [0.15, 0.2) is 0 Å². The summed E-state index contributed by atoms with van der Waals surface area (Å²) < 4.78 is 0.861. The minimum atomic E-state index is -0.893. The molecule has 0 aliphatic rings. The third kappa shape index (κ3) is 3.82. The smallest absolute Gasteiger partial charge is 0.335 e. The van der Waals surface area contributed by atoms with Crippen LogP contribution in [0.5, 0.6) is 0 Å². The second-order valence-corrected chi connectivity index (χ2v) is 5.35. The second-order valence-electron chi connectivity index (χ2n) is 4.50. The molecular weight excluding hydrogens is 294 g/mol. The molecule has 1 N–H and O–H groups in total. The van der Waals surface area contributed by atoms with Gasteiger partial charge in [0.1, 0.15) is 0 Å². The minimum absolute atomic E-state index is 0.316. The van der Waals surface area contributed by atoms with Gasteiger partial charge in [0.2, 0.25) is 0 Å². The lowest BCUT2D eigenvalue weighted by atomic mass is 10.1. The van der Waals surface area contributed by atoms with E-state index in [0.29, 0.717) is 11.6 Å². The Morgan fingerprint density at radius 2 is 2.00 bits per heavy atom. The topological polar surface area (TPSA) is 40.5 Å². The first kappa shape index (κ1) is 15.2. The van der Waals surface area contributed by atoms with Crippen molar-refractivity contribution in [1.82, 2.24) is 4.90 Å². The van der Waals surface area contributed by atoms with E-state index >= 15 is 0 Å². The molecule has 0 saturated heterocycles. The first-order valence-corrected chi connectivity index (χ1v) is 7.00. The number of carbonyl (C=O) groups is 1. The van der Waals surface area contributed by atoms with Gasteiger partial charge >= 0.3 is 5.97 Å². The molecule has 0 bridgehead atoms. The van der Waals surface area contributed by atoms with Crippen LogP contribution in [0.4, 0.5) is 0 Å². The van der Waals surface area contributed by atoms with Gasteiger partial charge in [-0.15, -0.1) is 0 Å². The molecule has 0 atom stereocenters. The van der Waals surface area contributed by atoms with E-state index in [1.165, 1.54) is 0 Å². The lowest BCUT2D eigenvalue weighted by Gasteiger charge is -2.26. The highest BCUT2D eigenvalue weighted by molar-refractivity contribution is 9.10. The molecule has 0 fully saturated rings. The van der Waals surface area contributed by atoms with Crippen LogP contribution in [0.15, 0.2) is 22.7 Å². The molecule has 0 aliphatic heterocycles. The lowest BCUT2D eigenvalue weighted by molar-refractivity contribution is 0.0697. The standard InChI is InChI=1S/C14H20BrNO2/c1-4-12(5-2)16(3)9-11-7-6-10(14(17)18)8-13(11)15/h6-8,12H,4-5,9H2,1-3H3,(H,17,18).